The fraction of sp³-hybridized carbons (Fsp3) is 0.333. The minimum Gasteiger partial charge on any atom is -0.350 e. The molecule has 2 aromatic carbocycles. The molecule has 0 fully saturated rings. The van der Waals surface area contributed by atoms with E-state index in [1.54, 1.807) is 18.2 Å². The zero-order valence-corrected chi connectivity index (χ0v) is 21.1. The van der Waals surface area contributed by atoms with E-state index in [0.717, 1.165) is 22.4 Å². The quantitative estimate of drug-likeness (QED) is 0.357. The predicted octanol–water partition coefficient (Wildman–Crippen LogP) is 3.87. The second-order valence-electron chi connectivity index (χ2n) is 8.84. The van der Waals surface area contributed by atoms with Gasteiger partial charge in [-0.15, -0.1) is 0 Å². The number of hydrogen-bond acceptors (Lipinski definition) is 4. The van der Waals surface area contributed by atoms with Gasteiger partial charge in [-0.05, 0) is 48.2 Å². The number of alkyl halides is 3. The van der Waals surface area contributed by atoms with Gasteiger partial charge in [-0.25, -0.2) is 14.2 Å². The molecule has 3 rings (SSSR count). The molecule has 1 atom stereocenters. The number of nitrogens with two attached hydrogens (primary N) is 1. The van der Waals surface area contributed by atoms with E-state index in [1.807, 2.05) is 24.6 Å². The maximum atomic E-state index is 14.4. The predicted molar refractivity (Wildman–Crippen MR) is 129 cm³/mol. The van der Waals surface area contributed by atoms with Crippen LogP contribution in [0, 0.1) is 5.82 Å². The van der Waals surface area contributed by atoms with Crippen LogP contribution < -0.4 is 15.2 Å². The van der Waals surface area contributed by atoms with Crippen molar-refractivity contribution < 1.29 is 30.8 Å². The van der Waals surface area contributed by atoms with E-state index in [1.165, 1.54) is 19.1 Å². The van der Waals surface area contributed by atoms with E-state index in [0.29, 0.717) is 11.3 Å². The second kappa shape index (κ2) is 11.0. The first kappa shape index (κ1) is 28.3. The lowest BCUT2D eigenvalue weighted by atomic mass is 9.98. The molecule has 1 heterocycles. The van der Waals surface area contributed by atoms with Gasteiger partial charge in [0.2, 0.25) is 5.91 Å². The number of carbonyl (C=O) groups is 1. The molecule has 200 valence electrons. The molecule has 37 heavy (non-hydrogen) atoms. The van der Waals surface area contributed by atoms with Gasteiger partial charge in [0.1, 0.15) is 5.82 Å². The van der Waals surface area contributed by atoms with Crippen molar-refractivity contribution >= 4 is 16.1 Å². The minimum atomic E-state index is -4.68. The highest BCUT2D eigenvalue weighted by molar-refractivity contribution is 7.87. The van der Waals surface area contributed by atoms with Gasteiger partial charge in [0.15, 0.2) is 5.69 Å². The Morgan fingerprint density at radius 1 is 1.05 bits per heavy atom. The molecule has 0 aliphatic heterocycles. The zero-order valence-electron chi connectivity index (χ0n) is 20.3. The van der Waals surface area contributed by atoms with Crippen LogP contribution in [0.3, 0.4) is 0 Å². The van der Waals surface area contributed by atoms with Crippen molar-refractivity contribution in [3.63, 3.8) is 0 Å². The van der Waals surface area contributed by atoms with E-state index in [9.17, 15) is 30.8 Å². The lowest BCUT2D eigenvalue weighted by molar-refractivity contribution is -0.141. The smallest absolute Gasteiger partial charge is 0.350 e. The summed E-state index contributed by atoms with van der Waals surface area (Å²) in [5, 5.41) is 11.2. The van der Waals surface area contributed by atoms with Gasteiger partial charge in [-0.2, -0.15) is 31.4 Å². The monoisotopic (exact) mass is 541 g/mol. The van der Waals surface area contributed by atoms with Crippen LogP contribution >= 0.6 is 0 Å². The summed E-state index contributed by atoms with van der Waals surface area (Å²) < 4.78 is 79.8. The summed E-state index contributed by atoms with van der Waals surface area (Å²) in [7, 11) is -4.01. The maximum absolute atomic E-state index is 14.4. The van der Waals surface area contributed by atoms with Crippen LogP contribution in [0.2, 0.25) is 0 Å². The van der Waals surface area contributed by atoms with Gasteiger partial charge in [-0.1, -0.05) is 38.1 Å². The van der Waals surface area contributed by atoms with Crippen molar-refractivity contribution in [1.29, 1.82) is 0 Å². The first-order valence-electron chi connectivity index (χ1n) is 11.3. The molecule has 1 aromatic heterocycles. The molecule has 8 nitrogen and oxygen atoms in total. The SMILES string of the molecule is CC(C)c1cccc(-n2nc(C(F)(F)F)cc2CNC(=O)C(C)c2ccc(CNS(N)(=O)=O)c(F)c2)c1. The lowest BCUT2D eigenvalue weighted by Crippen LogP contribution is -2.30. The highest BCUT2D eigenvalue weighted by Gasteiger charge is 2.35. The summed E-state index contributed by atoms with van der Waals surface area (Å²) in [6.45, 7) is 4.80. The van der Waals surface area contributed by atoms with Gasteiger partial charge in [-0.3, -0.25) is 4.79 Å². The first-order valence-corrected chi connectivity index (χ1v) is 12.8. The largest absolute Gasteiger partial charge is 0.435 e. The molecule has 13 heteroatoms. The van der Waals surface area contributed by atoms with E-state index in [4.69, 9.17) is 5.14 Å². The van der Waals surface area contributed by atoms with Crippen molar-refractivity contribution in [2.45, 2.75) is 51.9 Å². The standard InChI is InChI=1S/C24H27F4N5O3S/c1-14(2)16-5-4-6-19(9-16)33-20(11-22(32-33)24(26,27)28)13-30-23(34)15(3)17-7-8-18(21(25)10-17)12-31-37(29,35)36/h4-11,14-15,31H,12-13H2,1-3H3,(H,30,34)(H2,29,35,36). The lowest BCUT2D eigenvalue weighted by Gasteiger charge is -2.15. The highest BCUT2D eigenvalue weighted by Crippen LogP contribution is 2.30. The third-order valence-corrected chi connectivity index (χ3v) is 6.28. The van der Waals surface area contributed by atoms with Gasteiger partial charge >= 0.3 is 6.18 Å². The molecule has 0 radical (unpaired) electrons. The molecule has 0 saturated heterocycles. The first-order chi connectivity index (χ1) is 17.2. The molecule has 0 spiro atoms. The zero-order chi connectivity index (χ0) is 27.5. The highest BCUT2D eigenvalue weighted by atomic mass is 32.2. The Morgan fingerprint density at radius 2 is 1.76 bits per heavy atom. The Bertz CT molecular complexity index is 1390. The van der Waals surface area contributed by atoms with Crippen molar-refractivity contribution in [2.75, 3.05) is 0 Å². The minimum absolute atomic E-state index is 0.0255. The molecule has 0 bridgehead atoms. The molecule has 0 saturated carbocycles. The van der Waals surface area contributed by atoms with Crippen LogP contribution in [0.4, 0.5) is 17.6 Å². The van der Waals surface area contributed by atoms with Crippen LogP contribution in [0.5, 0.6) is 0 Å². The summed E-state index contributed by atoms with van der Waals surface area (Å²) in [5.41, 5.74) is 0.677. The van der Waals surface area contributed by atoms with Gasteiger partial charge < -0.3 is 5.32 Å². The Hall–Kier alpha value is -3.29. The summed E-state index contributed by atoms with van der Waals surface area (Å²) in [4.78, 5) is 12.8. The Kier molecular flexibility index (Phi) is 8.40. The summed E-state index contributed by atoms with van der Waals surface area (Å²) in [5.74, 6) is -2.00. The number of amides is 1. The summed E-state index contributed by atoms with van der Waals surface area (Å²) in [6, 6.07) is 11.7. The van der Waals surface area contributed by atoms with Crippen LogP contribution in [-0.2, 0) is 34.3 Å². The molecular weight excluding hydrogens is 514 g/mol. The molecule has 1 unspecified atom stereocenters. The number of nitrogens with zero attached hydrogens (tertiary/aromatic N) is 2. The van der Waals surface area contributed by atoms with Crippen molar-refractivity contribution in [2.24, 2.45) is 5.14 Å². The Balaban J connectivity index is 1.79. The number of nitrogens with one attached hydrogen (secondary N) is 2. The van der Waals surface area contributed by atoms with Crippen LogP contribution in [0.25, 0.3) is 5.69 Å². The molecule has 3 aromatic rings. The Labute approximate surface area is 212 Å². The number of benzene rings is 2. The third-order valence-electron chi connectivity index (χ3n) is 5.73. The molecule has 1 amide bonds. The maximum Gasteiger partial charge on any atom is 0.435 e. The van der Waals surface area contributed by atoms with Crippen molar-refractivity contribution in [3.05, 3.63) is 82.4 Å². The van der Waals surface area contributed by atoms with Crippen molar-refractivity contribution in [3.8, 4) is 5.69 Å². The fourth-order valence-electron chi connectivity index (χ4n) is 3.56. The molecule has 0 aliphatic carbocycles. The van der Waals surface area contributed by atoms with Gasteiger partial charge in [0.05, 0.1) is 23.8 Å². The number of aromatic nitrogens is 2. The Morgan fingerprint density at radius 3 is 2.35 bits per heavy atom. The van der Waals surface area contributed by atoms with Crippen LogP contribution in [0.15, 0.2) is 48.5 Å². The van der Waals surface area contributed by atoms with E-state index in [-0.39, 0.29) is 30.3 Å². The van der Waals surface area contributed by atoms with Crippen LogP contribution in [0.1, 0.15) is 60.7 Å². The molecule has 4 N–H and O–H groups in total. The second-order valence-corrected chi connectivity index (χ2v) is 10.2. The number of rotatable bonds is 9. The topological polar surface area (TPSA) is 119 Å². The summed E-state index contributed by atoms with van der Waals surface area (Å²) >= 11 is 0. The third kappa shape index (κ3) is 7.37. The molecule has 0 aliphatic rings. The molecular formula is C24H27F4N5O3S. The number of carbonyl (C=O) groups excluding carboxylic acids is 1. The van der Waals surface area contributed by atoms with Crippen molar-refractivity contribution in [1.82, 2.24) is 19.8 Å². The van der Waals surface area contributed by atoms with Crippen LogP contribution in [-0.4, -0.2) is 24.1 Å². The normalized spacial score (nSPS) is 13.1. The fourth-order valence-corrected chi connectivity index (χ4v) is 3.92. The number of hydrogen-bond donors (Lipinski definition) is 3. The number of halogens is 4. The van der Waals surface area contributed by atoms with Gasteiger partial charge in [0, 0.05) is 12.1 Å². The van der Waals surface area contributed by atoms with E-state index >= 15 is 0 Å². The van der Waals surface area contributed by atoms with E-state index < -0.39 is 39.7 Å². The average molecular weight is 542 g/mol. The summed E-state index contributed by atoms with van der Waals surface area (Å²) in [6.07, 6.45) is -4.68. The van der Waals surface area contributed by atoms with E-state index in [2.05, 4.69) is 10.4 Å². The average Bonchev–Trinajstić information content (AvgIpc) is 3.25. The van der Waals surface area contributed by atoms with Gasteiger partial charge in [0.25, 0.3) is 10.2 Å².